The number of nitrogens with zero attached hydrogens (tertiary/aromatic N) is 2. The molecule has 1 aliphatic heterocycles. The van der Waals surface area contributed by atoms with Crippen molar-refractivity contribution >= 4 is 23.2 Å². The molecule has 5 rings (SSSR count). The molecule has 0 bridgehead atoms. The Kier molecular flexibility index (Phi) is 7.17. The SMILES string of the molecule is COc1ccc(C(=O)N2CCN(c3ccc(NC(=O)c4ccc(-c5ccccc5)cc4)cc3)CC2)cc1. The number of rotatable bonds is 6. The topological polar surface area (TPSA) is 61.9 Å². The Morgan fingerprint density at radius 1 is 0.676 bits per heavy atom. The average Bonchev–Trinajstić information content (AvgIpc) is 2.98. The smallest absolute Gasteiger partial charge is 0.255 e. The number of anilines is 2. The highest BCUT2D eigenvalue weighted by molar-refractivity contribution is 6.04. The molecule has 0 radical (unpaired) electrons. The fourth-order valence-electron chi connectivity index (χ4n) is 4.49. The maximum Gasteiger partial charge on any atom is 0.255 e. The first-order valence-corrected chi connectivity index (χ1v) is 12.4. The molecule has 0 atom stereocenters. The lowest BCUT2D eigenvalue weighted by atomic mass is 10.0. The number of carbonyl (C=O) groups excluding carboxylic acids is 2. The number of ether oxygens (including phenoxy) is 1. The number of piperazine rings is 1. The highest BCUT2D eigenvalue weighted by Gasteiger charge is 2.22. The zero-order valence-electron chi connectivity index (χ0n) is 20.8. The van der Waals surface area contributed by atoms with Gasteiger partial charge in [-0.3, -0.25) is 9.59 Å². The van der Waals surface area contributed by atoms with Gasteiger partial charge in [-0.15, -0.1) is 0 Å². The molecule has 186 valence electrons. The predicted molar refractivity (Wildman–Crippen MR) is 147 cm³/mol. The van der Waals surface area contributed by atoms with E-state index < -0.39 is 0 Å². The Hall–Kier alpha value is -4.58. The molecule has 4 aromatic rings. The van der Waals surface area contributed by atoms with Crippen LogP contribution in [0.4, 0.5) is 11.4 Å². The summed E-state index contributed by atoms with van der Waals surface area (Å²) in [5.74, 6) is 0.636. The molecule has 1 N–H and O–H groups in total. The van der Waals surface area contributed by atoms with Crippen LogP contribution in [0.25, 0.3) is 11.1 Å². The van der Waals surface area contributed by atoms with E-state index in [1.54, 1.807) is 19.2 Å². The van der Waals surface area contributed by atoms with E-state index in [9.17, 15) is 9.59 Å². The Morgan fingerprint density at radius 3 is 1.89 bits per heavy atom. The monoisotopic (exact) mass is 491 g/mol. The first-order chi connectivity index (χ1) is 18.1. The van der Waals surface area contributed by atoms with Crippen molar-refractivity contribution in [2.24, 2.45) is 0 Å². The van der Waals surface area contributed by atoms with Crippen LogP contribution in [0.3, 0.4) is 0 Å². The zero-order valence-corrected chi connectivity index (χ0v) is 20.8. The largest absolute Gasteiger partial charge is 0.497 e. The van der Waals surface area contributed by atoms with Gasteiger partial charge in [0.25, 0.3) is 11.8 Å². The van der Waals surface area contributed by atoms with Crippen molar-refractivity contribution in [1.29, 1.82) is 0 Å². The highest BCUT2D eigenvalue weighted by atomic mass is 16.5. The first kappa shape index (κ1) is 24.1. The van der Waals surface area contributed by atoms with Crippen LogP contribution in [0, 0.1) is 0 Å². The fourth-order valence-corrected chi connectivity index (χ4v) is 4.49. The van der Waals surface area contributed by atoms with Gasteiger partial charge in [-0.25, -0.2) is 0 Å². The highest BCUT2D eigenvalue weighted by Crippen LogP contribution is 2.23. The van der Waals surface area contributed by atoms with E-state index in [-0.39, 0.29) is 11.8 Å². The Labute approximate surface area is 217 Å². The molecule has 1 aliphatic rings. The van der Waals surface area contributed by atoms with Gasteiger partial charge in [0.1, 0.15) is 5.75 Å². The molecule has 0 aromatic heterocycles. The van der Waals surface area contributed by atoms with Crippen molar-refractivity contribution in [2.75, 3.05) is 43.5 Å². The van der Waals surface area contributed by atoms with Crippen LogP contribution in [-0.4, -0.2) is 50.0 Å². The molecule has 2 amide bonds. The van der Waals surface area contributed by atoms with E-state index in [0.29, 0.717) is 24.2 Å². The maximum absolute atomic E-state index is 12.8. The first-order valence-electron chi connectivity index (χ1n) is 12.4. The van der Waals surface area contributed by atoms with E-state index in [0.717, 1.165) is 41.3 Å². The molecule has 6 nitrogen and oxygen atoms in total. The number of benzene rings is 4. The molecule has 37 heavy (non-hydrogen) atoms. The lowest BCUT2D eigenvalue weighted by Crippen LogP contribution is -2.48. The predicted octanol–water partition coefficient (Wildman–Crippen LogP) is 5.58. The third-order valence-corrected chi connectivity index (χ3v) is 6.65. The summed E-state index contributed by atoms with van der Waals surface area (Å²) >= 11 is 0. The summed E-state index contributed by atoms with van der Waals surface area (Å²) in [5.41, 5.74) is 5.30. The molecule has 4 aromatic carbocycles. The molecular formula is C31H29N3O3. The summed E-state index contributed by atoms with van der Waals surface area (Å²) in [5, 5.41) is 2.98. The third kappa shape index (κ3) is 5.64. The van der Waals surface area contributed by atoms with Gasteiger partial charge in [0.2, 0.25) is 0 Å². The van der Waals surface area contributed by atoms with Gasteiger partial charge in [-0.1, -0.05) is 42.5 Å². The number of hydrogen-bond acceptors (Lipinski definition) is 4. The van der Waals surface area contributed by atoms with Crippen molar-refractivity contribution in [3.05, 3.63) is 114 Å². The number of hydrogen-bond donors (Lipinski definition) is 1. The lowest BCUT2D eigenvalue weighted by molar-refractivity contribution is 0.0746. The number of carbonyl (C=O) groups is 2. The maximum atomic E-state index is 12.8. The molecule has 0 spiro atoms. The van der Waals surface area contributed by atoms with Crippen LogP contribution in [0.1, 0.15) is 20.7 Å². The van der Waals surface area contributed by atoms with Gasteiger partial charge >= 0.3 is 0 Å². The normalized spacial score (nSPS) is 13.2. The molecule has 0 unspecified atom stereocenters. The van der Waals surface area contributed by atoms with Crippen molar-refractivity contribution in [2.45, 2.75) is 0 Å². The van der Waals surface area contributed by atoms with Gasteiger partial charge < -0.3 is 19.9 Å². The Morgan fingerprint density at radius 2 is 1.27 bits per heavy atom. The van der Waals surface area contributed by atoms with E-state index in [1.165, 1.54) is 0 Å². The second-order valence-electron chi connectivity index (χ2n) is 8.95. The van der Waals surface area contributed by atoms with Crippen LogP contribution in [0.2, 0.25) is 0 Å². The van der Waals surface area contributed by atoms with Crippen molar-refractivity contribution < 1.29 is 14.3 Å². The van der Waals surface area contributed by atoms with Gasteiger partial charge in [-0.2, -0.15) is 0 Å². The van der Waals surface area contributed by atoms with Gasteiger partial charge in [0.05, 0.1) is 7.11 Å². The second kappa shape index (κ2) is 11.0. The van der Waals surface area contributed by atoms with Crippen molar-refractivity contribution in [1.82, 2.24) is 4.90 Å². The second-order valence-corrected chi connectivity index (χ2v) is 8.95. The number of amides is 2. The molecule has 6 heteroatoms. The minimum atomic E-state index is -0.141. The quantitative estimate of drug-likeness (QED) is 0.383. The van der Waals surface area contributed by atoms with Crippen LogP contribution in [0.5, 0.6) is 5.75 Å². The average molecular weight is 492 g/mol. The lowest BCUT2D eigenvalue weighted by Gasteiger charge is -2.36. The van der Waals surface area contributed by atoms with E-state index in [2.05, 4.69) is 22.3 Å². The summed E-state index contributed by atoms with van der Waals surface area (Å²) < 4.78 is 5.17. The summed E-state index contributed by atoms with van der Waals surface area (Å²) in [6, 6.07) is 32.8. The van der Waals surface area contributed by atoms with Crippen LogP contribution < -0.4 is 15.0 Å². The molecule has 1 saturated heterocycles. The third-order valence-electron chi connectivity index (χ3n) is 6.65. The van der Waals surface area contributed by atoms with E-state index >= 15 is 0 Å². The van der Waals surface area contributed by atoms with Gasteiger partial charge in [0.15, 0.2) is 0 Å². The minimum absolute atomic E-state index is 0.0390. The molecule has 0 saturated carbocycles. The summed E-state index contributed by atoms with van der Waals surface area (Å²) in [6.07, 6.45) is 0. The van der Waals surface area contributed by atoms with Crippen molar-refractivity contribution in [3.63, 3.8) is 0 Å². The van der Waals surface area contributed by atoms with Crippen LogP contribution in [0.15, 0.2) is 103 Å². The molecule has 0 aliphatic carbocycles. The molecule has 1 fully saturated rings. The standard InChI is InChI=1S/C31H29N3O3/c1-37-29-17-11-26(12-18-29)31(36)34-21-19-33(20-22-34)28-15-13-27(14-16-28)32-30(35)25-9-7-24(8-10-25)23-5-3-2-4-6-23/h2-18H,19-22H2,1H3,(H,32,35). The van der Waals surface area contributed by atoms with E-state index in [1.807, 2.05) is 83.8 Å². The van der Waals surface area contributed by atoms with Gasteiger partial charge in [0, 0.05) is 48.7 Å². The number of methoxy groups -OCH3 is 1. The summed E-state index contributed by atoms with van der Waals surface area (Å²) in [4.78, 5) is 29.7. The summed E-state index contributed by atoms with van der Waals surface area (Å²) in [6.45, 7) is 2.81. The Bertz CT molecular complexity index is 1340. The van der Waals surface area contributed by atoms with Crippen LogP contribution >= 0.6 is 0 Å². The van der Waals surface area contributed by atoms with Gasteiger partial charge in [-0.05, 0) is 71.8 Å². The molecular weight excluding hydrogens is 462 g/mol. The number of nitrogens with one attached hydrogen (secondary N) is 1. The minimum Gasteiger partial charge on any atom is -0.497 e. The fraction of sp³-hybridized carbons (Fsp3) is 0.161. The molecule has 1 heterocycles. The summed E-state index contributed by atoms with van der Waals surface area (Å²) in [7, 11) is 1.61. The van der Waals surface area contributed by atoms with Crippen LogP contribution in [-0.2, 0) is 0 Å². The van der Waals surface area contributed by atoms with E-state index in [4.69, 9.17) is 4.74 Å². The van der Waals surface area contributed by atoms with Crippen molar-refractivity contribution in [3.8, 4) is 16.9 Å². The zero-order chi connectivity index (χ0) is 25.6. The Balaban J connectivity index is 1.15.